The lowest BCUT2D eigenvalue weighted by molar-refractivity contribution is 0.265. The number of benzene rings is 1. The Kier molecular flexibility index (Phi) is 5.06. The number of hydrogen-bond donors (Lipinski definition) is 1. The highest BCUT2D eigenvalue weighted by atomic mass is 16.5. The third kappa shape index (κ3) is 3.97. The van der Waals surface area contributed by atoms with Crippen molar-refractivity contribution in [1.82, 2.24) is 10.2 Å². The summed E-state index contributed by atoms with van der Waals surface area (Å²) in [5.41, 5.74) is 1.80. The molecule has 1 aliphatic heterocycles. The van der Waals surface area contributed by atoms with Crippen LogP contribution in [0.2, 0.25) is 0 Å². The van der Waals surface area contributed by atoms with Gasteiger partial charge >= 0.3 is 0 Å². The molecule has 1 atom stereocenters. The largest absolute Gasteiger partial charge is 0.494 e. The molecule has 1 N–H and O–H groups in total. The molecule has 3 nitrogen and oxygen atoms in total. The number of nitrogens with zero attached hydrogens (tertiary/aromatic N) is 1. The van der Waals surface area contributed by atoms with Crippen LogP contribution in [0.15, 0.2) is 24.3 Å². The Labute approximate surface area is 123 Å². The molecule has 1 heterocycles. The maximum absolute atomic E-state index is 5.50. The molecule has 3 heteroatoms. The van der Waals surface area contributed by atoms with Gasteiger partial charge in [0.25, 0.3) is 0 Å². The fourth-order valence-electron chi connectivity index (χ4n) is 2.96. The van der Waals surface area contributed by atoms with Crippen LogP contribution < -0.4 is 10.1 Å². The van der Waals surface area contributed by atoms with Crippen molar-refractivity contribution in [3.05, 3.63) is 29.8 Å². The van der Waals surface area contributed by atoms with Crippen LogP contribution in [0.1, 0.15) is 38.8 Å². The van der Waals surface area contributed by atoms with E-state index in [2.05, 4.69) is 48.3 Å². The molecule has 1 aliphatic rings. The third-order valence-corrected chi connectivity index (χ3v) is 4.14. The van der Waals surface area contributed by atoms with Crippen molar-refractivity contribution < 1.29 is 4.74 Å². The summed E-state index contributed by atoms with van der Waals surface area (Å²) in [7, 11) is 2.04. The van der Waals surface area contributed by atoms with Gasteiger partial charge in [-0.2, -0.15) is 0 Å². The van der Waals surface area contributed by atoms with E-state index in [1.165, 1.54) is 25.1 Å². The zero-order valence-corrected chi connectivity index (χ0v) is 13.3. The normalized spacial score (nSPS) is 20.0. The van der Waals surface area contributed by atoms with Gasteiger partial charge in [0, 0.05) is 19.1 Å². The van der Waals surface area contributed by atoms with Crippen molar-refractivity contribution >= 4 is 0 Å². The lowest BCUT2D eigenvalue weighted by Crippen LogP contribution is -2.33. The van der Waals surface area contributed by atoms with Crippen molar-refractivity contribution in [3.8, 4) is 5.75 Å². The monoisotopic (exact) mass is 276 g/mol. The van der Waals surface area contributed by atoms with Gasteiger partial charge in [-0.3, -0.25) is 0 Å². The quantitative estimate of drug-likeness (QED) is 0.864. The lowest BCUT2D eigenvalue weighted by atomic mass is 9.93. The Hall–Kier alpha value is -1.06. The average Bonchev–Trinajstić information content (AvgIpc) is 2.77. The Morgan fingerprint density at radius 2 is 2.00 bits per heavy atom. The molecule has 2 rings (SSSR count). The van der Waals surface area contributed by atoms with E-state index in [1.807, 2.05) is 14.0 Å². The lowest BCUT2D eigenvalue weighted by Gasteiger charge is -2.25. The van der Waals surface area contributed by atoms with E-state index >= 15 is 0 Å². The Balaban J connectivity index is 1.97. The molecule has 0 bridgehead atoms. The Morgan fingerprint density at radius 1 is 1.30 bits per heavy atom. The highest BCUT2D eigenvalue weighted by Crippen LogP contribution is 2.30. The molecule has 1 saturated heterocycles. The van der Waals surface area contributed by atoms with Crippen LogP contribution in [0.5, 0.6) is 5.75 Å². The van der Waals surface area contributed by atoms with Gasteiger partial charge in [0.2, 0.25) is 0 Å². The highest BCUT2D eigenvalue weighted by Gasteiger charge is 2.30. The van der Waals surface area contributed by atoms with Crippen LogP contribution in [0.25, 0.3) is 0 Å². The Morgan fingerprint density at radius 3 is 2.50 bits per heavy atom. The fourth-order valence-corrected chi connectivity index (χ4v) is 2.96. The molecule has 1 unspecified atom stereocenters. The molecule has 0 aliphatic carbocycles. The second-order valence-electron chi connectivity index (χ2n) is 6.49. The number of hydrogen-bond acceptors (Lipinski definition) is 3. The smallest absolute Gasteiger partial charge is 0.119 e. The summed E-state index contributed by atoms with van der Waals surface area (Å²) in [6.07, 6.45) is 1.30. The molecular weight excluding hydrogens is 248 g/mol. The summed E-state index contributed by atoms with van der Waals surface area (Å²) in [6.45, 7) is 10.9. The second-order valence-corrected chi connectivity index (χ2v) is 6.49. The summed E-state index contributed by atoms with van der Waals surface area (Å²) in [5.74, 6) is 0.952. The Bertz CT molecular complexity index is 414. The van der Waals surface area contributed by atoms with Gasteiger partial charge in [0.1, 0.15) is 5.75 Å². The SMILES string of the molecule is CCOc1ccc(C(CN2CCC(C)(C)C2)NC)cc1. The first-order valence-corrected chi connectivity index (χ1v) is 7.66. The van der Waals surface area contributed by atoms with Crippen LogP contribution in [0.3, 0.4) is 0 Å². The number of rotatable bonds is 6. The summed E-state index contributed by atoms with van der Waals surface area (Å²) in [5, 5.41) is 3.44. The minimum atomic E-state index is 0.388. The van der Waals surface area contributed by atoms with Gasteiger partial charge < -0.3 is 15.0 Å². The first kappa shape index (κ1) is 15.3. The maximum Gasteiger partial charge on any atom is 0.119 e. The molecular formula is C17H28N2O. The van der Waals surface area contributed by atoms with Crippen LogP contribution in [0.4, 0.5) is 0 Å². The molecule has 1 fully saturated rings. The van der Waals surface area contributed by atoms with E-state index in [9.17, 15) is 0 Å². The van der Waals surface area contributed by atoms with E-state index in [-0.39, 0.29) is 0 Å². The van der Waals surface area contributed by atoms with Crippen molar-refractivity contribution in [2.45, 2.75) is 33.2 Å². The molecule has 20 heavy (non-hydrogen) atoms. The molecule has 1 aromatic carbocycles. The first-order valence-electron chi connectivity index (χ1n) is 7.66. The zero-order valence-electron chi connectivity index (χ0n) is 13.3. The van der Waals surface area contributed by atoms with Crippen LogP contribution in [-0.4, -0.2) is 38.2 Å². The molecule has 0 aromatic heterocycles. The van der Waals surface area contributed by atoms with E-state index in [0.717, 1.165) is 18.9 Å². The average molecular weight is 276 g/mol. The fraction of sp³-hybridized carbons (Fsp3) is 0.647. The molecule has 0 radical (unpaired) electrons. The molecule has 0 saturated carbocycles. The summed E-state index contributed by atoms with van der Waals surface area (Å²) >= 11 is 0. The van der Waals surface area contributed by atoms with Crippen molar-refractivity contribution in [3.63, 3.8) is 0 Å². The minimum absolute atomic E-state index is 0.388. The van der Waals surface area contributed by atoms with Gasteiger partial charge in [0.05, 0.1) is 6.61 Å². The van der Waals surface area contributed by atoms with Gasteiger partial charge in [-0.15, -0.1) is 0 Å². The van der Waals surface area contributed by atoms with E-state index in [0.29, 0.717) is 11.5 Å². The van der Waals surface area contributed by atoms with Gasteiger partial charge in [-0.05, 0) is 50.0 Å². The molecule has 112 valence electrons. The van der Waals surface area contributed by atoms with Crippen molar-refractivity contribution in [1.29, 1.82) is 0 Å². The highest BCUT2D eigenvalue weighted by molar-refractivity contribution is 5.29. The predicted octanol–water partition coefficient (Wildman–Crippen LogP) is 3.08. The van der Waals surface area contributed by atoms with Gasteiger partial charge in [-0.1, -0.05) is 26.0 Å². The summed E-state index contributed by atoms with van der Waals surface area (Å²) < 4.78 is 5.50. The van der Waals surface area contributed by atoms with E-state index < -0.39 is 0 Å². The van der Waals surface area contributed by atoms with Crippen LogP contribution in [-0.2, 0) is 0 Å². The topological polar surface area (TPSA) is 24.5 Å². The summed E-state index contributed by atoms with van der Waals surface area (Å²) in [4.78, 5) is 2.57. The van der Waals surface area contributed by atoms with E-state index in [4.69, 9.17) is 4.74 Å². The number of ether oxygens (including phenoxy) is 1. The van der Waals surface area contributed by atoms with Crippen LogP contribution in [0, 0.1) is 5.41 Å². The van der Waals surface area contributed by atoms with Crippen LogP contribution >= 0.6 is 0 Å². The summed E-state index contributed by atoms with van der Waals surface area (Å²) in [6, 6.07) is 8.87. The number of likely N-dealkylation sites (N-methyl/N-ethyl adjacent to an activating group) is 1. The standard InChI is InChI=1S/C17H28N2O/c1-5-20-15-8-6-14(7-9-15)16(18-4)12-19-11-10-17(2,3)13-19/h6-9,16,18H,5,10-13H2,1-4H3. The second kappa shape index (κ2) is 6.59. The first-order chi connectivity index (χ1) is 9.54. The number of likely N-dealkylation sites (tertiary alicyclic amines) is 1. The minimum Gasteiger partial charge on any atom is -0.494 e. The van der Waals surface area contributed by atoms with Gasteiger partial charge in [0.15, 0.2) is 0 Å². The third-order valence-electron chi connectivity index (χ3n) is 4.14. The molecule has 1 aromatic rings. The zero-order chi connectivity index (χ0) is 14.6. The van der Waals surface area contributed by atoms with Gasteiger partial charge in [-0.25, -0.2) is 0 Å². The van der Waals surface area contributed by atoms with Crippen molar-refractivity contribution in [2.24, 2.45) is 5.41 Å². The molecule has 0 amide bonds. The predicted molar refractivity (Wildman–Crippen MR) is 84.2 cm³/mol. The number of nitrogens with one attached hydrogen (secondary N) is 1. The van der Waals surface area contributed by atoms with E-state index in [1.54, 1.807) is 0 Å². The maximum atomic E-state index is 5.50. The van der Waals surface area contributed by atoms with Crippen molar-refractivity contribution in [2.75, 3.05) is 33.3 Å². The molecule has 0 spiro atoms.